The van der Waals surface area contributed by atoms with Crippen molar-refractivity contribution < 1.29 is 18.4 Å². The minimum Gasteiger partial charge on any atom is -0.395 e. The smallest absolute Gasteiger partial charge is 0.293 e. The number of likely N-dealkylation sites (N-methyl/N-ethyl adjacent to an activating group) is 1. The molecule has 0 heterocycles. The molecule has 0 saturated heterocycles. The van der Waals surface area contributed by atoms with Gasteiger partial charge in [0.2, 0.25) is 10.0 Å². The van der Waals surface area contributed by atoms with E-state index in [1.54, 1.807) is 6.92 Å². The second kappa shape index (κ2) is 5.95. The lowest BCUT2D eigenvalue weighted by Gasteiger charge is -2.19. The van der Waals surface area contributed by atoms with Crippen LogP contribution in [-0.4, -0.2) is 42.4 Å². The highest BCUT2D eigenvalue weighted by molar-refractivity contribution is 7.89. The maximum Gasteiger partial charge on any atom is 0.293 e. The molecule has 0 aliphatic heterocycles. The molecular weight excluding hydrogens is 274 g/mol. The number of nitro groups is 1. The molecule has 0 aliphatic carbocycles. The summed E-state index contributed by atoms with van der Waals surface area (Å²) in [4.78, 5) is 9.78. The molecule has 0 atom stereocenters. The number of rotatable bonds is 6. The molecular formula is C10H15N3O5S. The number of nitro benzene ring substituents is 1. The van der Waals surface area contributed by atoms with Gasteiger partial charge in [0.1, 0.15) is 5.69 Å². The average molecular weight is 289 g/mol. The van der Waals surface area contributed by atoms with Gasteiger partial charge in [-0.25, -0.2) is 8.42 Å². The van der Waals surface area contributed by atoms with Crippen molar-refractivity contribution in [2.24, 2.45) is 0 Å². The van der Waals surface area contributed by atoms with Gasteiger partial charge in [-0.3, -0.25) is 10.1 Å². The Morgan fingerprint density at radius 1 is 1.47 bits per heavy atom. The van der Waals surface area contributed by atoms with E-state index in [0.29, 0.717) is 0 Å². The van der Waals surface area contributed by atoms with Crippen molar-refractivity contribution in [1.82, 2.24) is 4.31 Å². The summed E-state index contributed by atoms with van der Waals surface area (Å²) in [5.41, 5.74) is 4.85. The molecule has 0 bridgehead atoms. The first-order valence-electron chi connectivity index (χ1n) is 5.49. The van der Waals surface area contributed by atoms with E-state index in [-0.39, 0.29) is 30.3 Å². The minimum absolute atomic E-state index is 0.0724. The fraction of sp³-hybridized carbons (Fsp3) is 0.400. The number of nitrogens with zero attached hydrogens (tertiary/aromatic N) is 2. The van der Waals surface area contributed by atoms with Crippen molar-refractivity contribution in [3.63, 3.8) is 0 Å². The van der Waals surface area contributed by atoms with Gasteiger partial charge in [0, 0.05) is 19.2 Å². The zero-order valence-electron chi connectivity index (χ0n) is 10.3. The van der Waals surface area contributed by atoms with Crippen molar-refractivity contribution in [2.45, 2.75) is 11.8 Å². The van der Waals surface area contributed by atoms with Crippen LogP contribution in [0, 0.1) is 10.1 Å². The lowest BCUT2D eigenvalue weighted by Crippen LogP contribution is -2.33. The second-order valence-electron chi connectivity index (χ2n) is 3.70. The summed E-state index contributed by atoms with van der Waals surface area (Å²) >= 11 is 0. The van der Waals surface area contributed by atoms with E-state index in [1.165, 1.54) is 12.1 Å². The number of sulfonamides is 1. The Hall–Kier alpha value is -1.71. The number of aliphatic hydroxyl groups excluding tert-OH is 1. The zero-order valence-corrected chi connectivity index (χ0v) is 11.1. The van der Waals surface area contributed by atoms with Crippen LogP contribution in [0.3, 0.4) is 0 Å². The molecule has 9 heteroatoms. The van der Waals surface area contributed by atoms with Crippen molar-refractivity contribution in [1.29, 1.82) is 0 Å². The number of aliphatic hydroxyl groups is 1. The Balaban J connectivity index is 3.29. The number of anilines is 1. The van der Waals surface area contributed by atoms with Gasteiger partial charge in [0.25, 0.3) is 5.69 Å². The van der Waals surface area contributed by atoms with Crippen LogP contribution < -0.4 is 5.73 Å². The lowest BCUT2D eigenvalue weighted by atomic mass is 10.3. The quantitative estimate of drug-likeness (QED) is 0.437. The predicted octanol–water partition coefficient (Wildman–Crippen LogP) is 0.180. The van der Waals surface area contributed by atoms with E-state index in [0.717, 1.165) is 10.4 Å². The summed E-state index contributed by atoms with van der Waals surface area (Å²) < 4.78 is 25.4. The van der Waals surface area contributed by atoms with E-state index in [9.17, 15) is 18.5 Å². The summed E-state index contributed by atoms with van der Waals surface area (Å²) in [6.45, 7) is 1.36. The predicted molar refractivity (Wildman–Crippen MR) is 69.0 cm³/mol. The fourth-order valence-electron chi connectivity index (χ4n) is 1.55. The summed E-state index contributed by atoms with van der Waals surface area (Å²) in [5, 5.41) is 19.6. The molecule has 0 amide bonds. The molecule has 0 radical (unpaired) electrons. The Bertz CT molecular complexity index is 573. The third-order valence-corrected chi connectivity index (χ3v) is 4.51. The number of hydrogen-bond donors (Lipinski definition) is 2. The molecule has 106 valence electrons. The largest absolute Gasteiger partial charge is 0.395 e. The normalized spacial score (nSPS) is 11.7. The van der Waals surface area contributed by atoms with Crippen molar-refractivity contribution in [2.75, 3.05) is 25.4 Å². The van der Waals surface area contributed by atoms with Gasteiger partial charge in [-0.1, -0.05) is 6.92 Å². The minimum atomic E-state index is -3.87. The van der Waals surface area contributed by atoms with Crippen LogP contribution in [0.1, 0.15) is 6.92 Å². The van der Waals surface area contributed by atoms with Crippen LogP contribution in [0.2, 0.25) is 0 Å². The van der Waals surface area contributed by atoms with Gasteiger partial charge in [0.15, 0.2) is 0 Å². The summed E-state index contributed by atoms with van der Waals surface area (Å²) in [6, 6.07) is 3.31. The Labute approximate surface area is 110 Å². The van der Waals surface area contributed by atoms with Gasteiger partial charge in [-0.15, -0.1) is 0 Å². The van der Waals surface area contributed by atoms with Crippen LogP contribution in [0.25, 0.3) is 0 Å². The Morgan fingerprint density at radius 2 is 2.11 bits per heavy atom. The maximum absolute atomic E-state index is 12.2. The molecule has 0 spiro atoms. The third kappa shape index (κ3) is 3.19. The average Bonchev–Trinajstić information content (AvgIpc) is 2.35. The highest BCUT2D eigenvalue weighted by Crippen LogP contribution is 2.26. The van der Waals surface area contributed by atoms with Crippen molar-refractivity contribution >= 4 is 21.4 Å². The first kappa shape index (κ1) is 15.3. The molecule has 1 rings (SSSR count). The molecule has 8 nitrogen and oxygen atoms in total. The van der Waals surface area contributed by atoms with Crippen LogP contribution >= 0.6 is 0 Å². The van der Waals surface area contributed by atoms with Crippen LogP contribution in [-0.2, 0) is 10.0 Å². The molecule has 1 aromatic carbocycles. The number of nitrogen functional groups attached to an aromatic ring is 1. The molecule has 0 fully saturated rings. The fourth-order valence-corrected chi connectivity index (χ4v) is 3.01. The Kier molecular flexibility index (Phi) is 4.81. The van der Waals surface area contributed by atoms with Gasteiger partial charge in [-0.05, 0) is 12.1 Å². The van der Waals surface area contributed by atoms with Crippen LogP contribution in [0.5, 0.6) is 0 Å². The lowest BCUT2D eigenvalue weighted by molar-refractivity contribution is -0.384. The molecule has 0 unspecified atom stereocenters. The summed E-state index contributed by atoms with van der Waals surface area (Å²) in [7, 11) is -3.87. The number of benzene rings is 1. The van der Waals surface area contributed by atoms with Crippen molar-refractivity contribution in [3.8, 4) is 0 Å². The highest BCUT2D eigenvalue weighted by atomic mass is 32.2. The molecule has 3 N–H and O–H groups in total. The van der Waals surface area contributed by atoms with E-state index < -0.39 is 20.6 Å². The second-order valence-corrected chi connectivity index (χ2v) is 5.64. The zero-order chi connectivity index (χ0) is 14.6. The number of nitrogens with two attached hydrogens (primary N) is 1. The molecule has 0 aliphatic rings. The standard InChI is InChI=1S/C10H15N3O5S/c1-2-12(5-6-14)19(17,18)8-3-4-9(11)10(7-8)13(15)16/h3-4,7,14H,2,5-6,11H2,1H3. The van der Waals surface area contributed by atoms with Crippen LogP contribution in [0.15, 0.2) is 23.1 Å². The van der Waals surface area contributed by atoms with Gasteiger partial charge in [-0.2, -0.15) is 4.31 Å². The topological polar surface area (TPSA) is 127 Å². The van der Waals surface area contributed by atoms with Crippen molar-refractivity contribution in [3.05, 3.63) is 28.3 Å². The van der Waals surface area contributed by atoms with Gasteiger partial charge < -0.3 is 10.8 Å². The molecule has 0 saturated carbocycles. The monoisotopic (exact) mass is 289 g/mol. The third-order valence-electron chi connectivity index (χ3n) is 2.54. The Morgan fingerprint density at radius 3 is 2.58 bits per heavy atom. The highest BCUT2D eigenvalue weighted by Gasteiger charge is 2.25. The molecule has 19 heavy (non-hydrogen) atoms. The van der Waals surface area contributed by atoms with E-state index in [4.69, 9.17) is 10.8 Å². The van der Waals surface area contributed by atoms with E-state index >= 15 is 0 Å². The molecule has 0 aromatic heterocycles. The van der Waals surface area contributed by atoms with E-state index in [2.05, 4.69) is 0 Å². The summed E-state index contributed by atoms with van der Waals surface area (Å²) in [5.74, 6) is 0. The SMILES string of the molecule is CCN(CCO)S(=O)(=O)c1ccc(N)c([N+](=O)[O-])c1. The first-order valence-corrected chi connectivity index (χ1v) is 6.93. The van der Waals surface area contributed by atoms with Gasteiger partial charge in [0.05, 0.1) is 16.4 Å². The number of hydrogen-bond acceptors (Lipinski definition) is 6. The maximum atomic E-state index is 12.2. The van der Waals surface area contributed by atoms with Gasteiger partial charge >= 0.3 is 0 Å². The van der Waals surface area contributed by atoms with Crippen LogP contribution in [0.4, 0.5) is 11.4 Å². The first-order chi connectivity index (χ1) is 8.84. The van der Waals surface area contributed by atoms with E-state index in [1.807, 2.05) is 0 Å². The summed E-state index contributed by atoms with van der Waals surface area (Å²) in [6.07, 6.45) is 0. The molecule has 1 aromatic rings.